The van der Waals surface area contributed by atoms with E-state index in [1.165, 1.54) is 18.2 Å². The van der Waals surface area contributed by atoms with Crippen LogP contribution in [0.3, 0.4) is 0 Å². The monoisotopic (exact) mass is 310 g/mol. The van der Waals surface area contributed by atoms with Crippen LogP contribution in [0.2, 0.25) is 0 Å². The molecule has 0 fully saturated rings. The van der Waals surface area contributed by atoms with Gasteiger partial charge < -0.3 is 4.90 Å². The molecule has 0 bridgehead atoms. The van der Waals surface area contributed by atoms with Crippen LogP contribution in [0.25, 0.3) is 6.08 Å². The third kappa shape index (κ3) is 4.03. The van der Waals surface area contributed by atoms with Gasteiger partial charge in [-0.25, -0.2) is 0 Å². The van der Waals surface area contributed by atoms with Crippen LogP contribution in [-0.2, 0) is 0 Å². The fourth-order valence-electron chi connectivity index (χ4n) is 2.17. The number of benzene rings is 2. The van der Waals surface area contributed by atoms with E-state index in [0.29, 0.717) is 11.1 Å². The van der Waals surface area contributed by atoms with Crippen molar-refractivity contribution in [2.24, 2.45) is 0 Å². The maximum atomic E-state index is 12.2. The summed E-state index contributed by atoms with van der Waals surface area (Å²) in [6.07, 6.45) is 3.21. The molecule has 0 aliphatic rings. The van der Waals surface area contributed by atoms with Crippen LogP contribution in [0, 0.1) is 17.0 Å². The standard InChI is InChI=1S/C18H18N2O3/c1-13-12-15(7-10-17(13)20(22)23)18(21)11-6-14-4-8-16(9-5-14)19(2)3/h4-12H,1-3H3/b11-6+. The molecule has 118 valence electrons. The summed E-state index contributed by atoms with van der Waals surface area (Å²) < 4.78 is 0. The molecule has 2 aromatic rings. The lowest BCUT2D eigenvalue weighted by molar-refractivity contribution is -0.385. The van der Waals surface area contributed by atoms with E-state index in [4.69, 9.17) is 0 Å². The first-order valence-electron chi connectivity index (χ1n) is 7.13. The minimum Gasteiger partial charge on any atom is -0.378 e. The predicted molar refractivity (Wildman–Crippen MR) is 92.0 cm³/mol. The molecule has 0 unspecified atom stereocenters. The van der Waals surface area contributed by atoms with Gasteiger partial charge in [-0.1, -0.05) is 18.2 Å². The van der Waals surface area contributed by atoms with Crippen LogP contribution >= 0.6 is 0 Å². The van der Waals surface area contributed by atoms with Gasteiger partial charge in [-0.05, 0) is 42.8 Å². The van der Waals surface area contributed by atoms with E-state index in [1.807, 2.05) is 43.3 Å². The lowest BCUT2D eigenvalue weighted by Crippen LogP contribution is -2.07. The highest BCUT2D eigenvalue weighted by molar-refractivity contribution is 6.07. The average Bonchev–Trinajstić information content (AvgIpc) is 2.52. The van der Waals surface area contributed by atoms with Gasteiger partial charge >= 0.3 is 0 Å². The summed E-state index contributed by atoms with van der Waals surface area (Å²) in [5, 5.41) is 10.8. The number of aryl methyl sites for hydroxylation is 1. The first-order valence-corrected chi connectivity index (χ1v) is 7.13. The molecule has 5 heteroatoms. The van der Waals surface area contributed by atoms with Gasteiger partial charge in [0.2, 0.25) is 0 Å². The normalized spacial score (nSPS) is 10.7. The molecule has 5 nitrogen and oxygen atoms in total. The summed E-state index contributed by atoms with van der Waals surface area (Å²) in [7, 11) is 3.93. The van der Waals surface area contributed by atoms with Crippen molar-refractivity contribution in [1.82, 2.24) is 0 Å². The fraction of sp³-hybridized carbons (Fsp3) is 0.167. The number of carbonyl (C=O) groups excluding carboxylic acids is 1. The van der Waals surface area contributed by atoms with E-state index in [2.05, 4.69) is 0 Å². The quantitative estimate of drug-likeness (QED) is 0.364. The number of nitro groups is 1. The summed E-state index contributed by atoms with van der Waals surface area (Å²) in [5.41, 5.74) is 2.94. The number of hydrogen-bond donors (Lipinski definition) is 0. The second-order valence-electron chi connectivity index (χ2n) is 5.44. The highest BCUT2D eigenvalue weighted by atomic mass is 16.6. The predicted octanol–water partition coefficient (Wildman–Crippen LogP) is 3.87. The Labute approximate surface area is 135 Å². The average molecular weight is 310 g/mol. The lowest BCUT2D eigenvalue weighted by atomic mass is 10.1. The van der Waals surface area contributed by atoms with Crippen molar-refractivity contribution in [1.29, 1.82) is 0 Å². The Hall–Kier alpha value is -2.95. The number of carbonyl (C=O) groups is 1. The van der Waals surface area contributed by atoms with E-state index in [0.717, 1.165) is 11.3 Å². The van der Waals surface area contributed by atoms with Gasteiger partial charge in [0.05, 0.1) is 4.92 Å². The number of allylic oxidation sites excluding steroid dienone is 1. The van der Waals surface area contributed by atoms with E-state index in [1.54, 1.807) is 19.1 Å². The Bertz CT molecular complexity index is 762. The van der Waals surface area contributed by atoms with Crippen molar-refractivity contribution in [2.45, 2.75) is 6.92 Å². The molecule has 23 heavy (non-hydrogen) atoms. The van der Waals surface area contributed by atoms with E-state index in [9.17, 15) is 14.9 Å². The SMILES string of the molecule is Cc1cc(C(=O)/C=C/c2ccc(N(C)C)cc2)ccc1[N+](=O)[O-]. The molecule has 0 aromatic heterocycles. The third-order valence-corrected chi connectivity index (χ3v) is 3.51. The largest absolute Gasteiger partial charge is 0.378 e. The zero-order valence-corrected chi connectivity index (χ0v) is 13.3. The molecule has 0 heterocycles. The molecule has 0 saturated heterocycles. The Morgan fingerprint density at radius 1 is 1.13 bits per heavy atom. The number of rotatable bonds is 5. The summed E-state index contributed by atoms with van der Waals surface area (Å²) in [5.74, 6) is -0.181. The van der Waals surface area contributed by atoms with Gasteiger partial charge in [-0.2, -0.15) is 0 Å². The second-order valence-corrected chi connectivity index (χ2v) is 5.44. The van der Waals surface area contributed by atoms with Crippen LogP contribution in [0.15, 0.2) is 48.5 Å². The fourth-order valence-corrected chi connectivity index (χ4v) is 2.17. The van der Waals surface area contributed by atoms with Crippen molar-refractivity contribution < 1.29 is 9.72 Å². The summed E-state index contributed by atoms with van der Waals surface area (Å²) in [4.78, 5) is 24.5. The van der Waals surface area contributed by atoms with Crippen LogP contribution < -0.4 is 4.90 Å². The van der Waals surface area contributed by atoms with Gasteiger partial charge in [0.25, 0.3) is 5.69 Å². The second kappa shape index (κ2) is 6.87. The van der Waals surface area contributed by atoms with Crippen LogP contribution in [-0.4, -0.2) is 24.8 Å². The maximum absolute atomic E-state index is 12.2. The molecular formula is C18H18N2O3. The molecule has 0 aliphatic heterocycles. The molecule has 0 atom stereocenters. The van der Waals surface area contributed by atoms with Gasteiger partial charge in [-0.15, -0.1) is 0 Å². The Morgan fingerprint density at radius 3 is 2.30 bits per heavy atom. The number of hydrogen-bond acceptors (Lipinski definition) is 4. The van der Waals surface area contributed by atoms with Crippen molar-refractivity contribution in [3.63, 3.8) is 0 Å². The van der Waals surface area contributed by atoms with Crippen molar-refractivity contribution in [3.8, 4) is 0 Å². The first kappa shape index (κ1) is 16.4. The van der Waals surface area contributed by atoms with Gasteiger partial charge in [0, 0.05) is 37.0 Å². The third-order valence-electron chi connectivity index (χ3n) is 3.51. The zero-order chi connectivity index (χ0) is 17.0. The molecule has 0 aliphatic carbocycles. The molecule has 0 saturated carbocycles. The van der Waals surface area contributed by atoms with E-state index < -0.39 is 4.92 Å². The number of nitro benzene ring substituents is 1. The summed E-state index contributed by atoms with van der Waals surface area (Å²) in [6, 6.07) is 12.2. The summed E-state index contributed by atoms with van der Waals surface area (Å²) >= 11 is 0. The molecule has 0 spiro atoms. The number of ketones is 1. The minimum atomic E-state index is -0.453. The van der Waals surface area contributed by atoms with Gasteiger partial charge in [-0.3, -0.25) is 14.9 Å². The molecule has 0 amide bonds. The van der Waals surface area contributed by atoms with Crippen LogP contribution in [0.4, 0.5) is 11.4 Å². The highest BCUT2D eigenvalue weighted by Gasteiger charge is 2.12. The Kier molecular flexibility index (Phi) is 4.91. The zero-order valence-electron chi connectivity index (χ0n) is 13.3. The number of anilines is 1. The Morgan fingerprint density at radius 2 is 1.78 bits per heavy atom. The highest BCUT2D eigenvalue weighted by Crippen LogP contribution is 2.19. The van der Waals surface area contributed by atoms with Crippen LogP contribution in [0.5, 0.6) is 0 Å². The molecule has 0 N–H and O–H groups in total. The van der Waals surface area contributed by atoms with E-state index >= 15 is 0 Å². The lowest BCUT2D eigenvalue weighted by Gasteiger charge is -2.11. The van der Waals surface area contributed by atoms with Crippen molar-refractivity contribution >= 4 is 23.2 Å². The smallest absolute Gasteiger partial charge is 0.272 e. The Balaban J connectivity index is 2.15. The molecule has 2 rings (SSSR count). The van der Waals surface area contributed by atoms with Crippen LogP contribution in [0.1, 0.15) is 21.5 Å². The topological polar surface area (TPSA) is 63.5 Å². The van der Waals surface area contributed by atoms with Crippen molar-refractivity contribution in [2.75, 3.05) is 19.0 Å². The van der Waals surface area contributed by atoms with Gasteiger partial charge in [0.15, 0.2) is 5.78 Å². The molecule has 2 aromatic carbocycles. The van der Waals surface area contributed by atoms with E-state index in [-0.39, 0.29) is 11.5 Å². The minimum absolute atomic E-state index is 0.0183. The maximum Gasteiger partial charge on any atom is 0.272 e. The first-order chi connectivity index (χ1) is 10.9. The van der Waals surface area contributed by atoms with Crippen molar-refractivity contribution in [3.05, 3.63) is 75.3 Å². The summed E-state index contributed by atoms with van der Waals surface area (Å²) in [6.45, 7) is 1.62. The molecular weight excluding hydrogens is 292 g/mol. The number of nitrogens with zero attached hydrogens (tertiary/aromatic N) is 2. The molecule has 0 radical (unpaired) electrons. The van der Waals surface area contributed by atoms with Gasteiger partial charge in [0.1, 0.15) is 0 Å².